The maximum absolute atomic E-state index is 11.4. The normalized spacial score (nSPS) is 13.1. The van der Waals surface area contributed by atoms with Crippen LogP contribution in [0.3, 0.4) is 0 Å². The third-order valence-electron chi connectivity index (χ3n) is 1.88. The molecule has 1 aromatic heterocycles. The number of carboxylic acids is 1. The van der Waals surface area contributed by atoms with Gasteiger partial charge in [-0.05, 0) is 15.9 Å². The molecule has 0 saturated heterocycles. The monoisotopic (exact) mass is 378 g/mol. The van der Waals surface area contributed by atoms with Crippen LogP contribution in [0.2, 0.25) is 0 Å². The van der Waals surface area contributed by atoms with E-state index < -0.39 is 21.7 Å². The van der Waals surface area contributed by atoms with Crippen LogP contribution >= 0.6 is 50.7 Å². The molecule has 100 valence electrons. The Hall–Kier alpha value is -0.500. The van der Waals surface area contributed by atoms with E-state index in [1.807, 2.05) is 0 Å². The van der Waals surface area contributed by atoms with E-state index in [0.717, 1.165) is 0 Å². The number of amides is 1. The standard InChI is InChI=1S/C8H6BrCl3N2O4/c9-5-3(2-18-14-5)1-4(6(15)16)13-7(17)8(10,11)12/h2,4H,1H2,(H,13,17)(H,15,16). The van der Waals surface area contributed by atoms with Crippen LogP contribution in [-0.2, 0) is 16.0 Å². The van der Waals surface area contributed by atoms with Crippen molar-refractivity contribution in [3.05, 3.63) is 16.4 Å². The first kappa shape index (κ1) is 15.6. The Kier molecular flexibility index (Phi) is 5.27. The molecule has 6 nitrogen and oxygen atoms in total. The average Bonchev–Trinajstić information content (AvgIpc) is 2.61. The third kappa shape index (κ3) is 4.31. The fourth-order valence-corrected chi connectivity index (χ4v) is 1.54. The largest absolute Gasteiger partial charge is 0.480 e. The maximum atomic E-state index is 11.4. The van der Waals surface area contributed by atoms with Gasteiger partial charge in [-0.25, -0.2) is 4.79 Å². The van der Waals surface area contributed by atoms with E-state index >= 15 is 0 Å². The second-order valence-corrected chi connectivity index (χ2v) is 6.23. The van der Waals surface area contributed by atoms with E-state index in [1.165, 1.54) is 6.26 Å². The highest BCUT2D eigenvalue weighted by Crippen LogP contribution is 2.26. The summed E-state index contributed by atoms with van der Waals surface area (Å²) in [5.74, 6) is -2.29. The Balaban J connectivity index is 2.76. The van der Waals surface area contributed by atoms with Crippen molar-refractivity contribution in [2.75, 3.05) is 0 Å². The number of aromatic nitrogens is 1. The molecule has 0 bridgehead atoms. The molecular weight excluding hydrogens is 374 g/mol. The van der Waals surface area contributed by atoms with Gasteiger partial charge in [0.15, 0.2) is 4.60 Å². The van der Waals surface area contributed by atoms with Crippen LogP contribution < -0.4 is 5.32 Å². The summed E-state index contributed by atoms with van der Waals surface area (Å²) in [6.45, 7) is 0. The smallest absolute Gasteiger partial charge is 0.326 e. The van der Waals surface area contributed by atoms with Gasteiger partial charge in [0.05, 0.1) is 0 Å². The summed E-state index contributed by atoms with van der Waals surface area (Å²) in [4.78, 5) is 22.4. The van der Waals surface area contributed by atoms with Crippen LogP contribution in [0, 0.1) is 0 Å². The Morgan fingerprint density at radius 1 is 1.56 bits per heavy atom. The van der Waals surface area contributed by atoms with Crippen molar-refractivity contribution < 1.29 is 19.2 Å². The van der Waals surface area contributed by atoms with Crippen LogP contribution in [0.5, 0.6) is 0 Å². The SMILES string of the molecule is O=C(O)C(Cc1conc1Br)NC(=O)C(Cl)(Cl)Cl. The number of rotatable bonds is 4. The highest BCUT2D eigenvalue weighted by Gasteiger charge is 2.34. The van der Waals surface area contributed by atoms with Gasteiger partial charge in [0, 0.05) is 12.0 Å². The van der Waals surface area contributed by atoms with E-state index in [2.05, 4.69) is 30.9 Å². The van der Waals surface area contributed by atoms with Crippen molar-refractivity contribution in [2.24, 2.45) is 0 Å². The Bertz CT molecular complexity index is 459. The van der Waals surface area contributed by atoms with Crippen LogP contribution in [0.1, 0.15) is 5.56 Å². The van der Waals surface area contributed by atoms with Crippen molar-refractivity contribution in [3.8, 4) is 0 Å². The Morgan fingerprint density at radius 3 is 2.56 bits per heavy atom. The highest BCUT2D eigenvalue weighted by atomic mass is 79.9. The average molecular weight is 380 g/mol. The van der Waals surface area contributed by atoms with E-state index in [9.17, 15) is 9.59 Å². The number of hydrogen-bond acceptors (Lipinski definition) is 4. The zero-order valence-electron chi connectivity index (χ0n) is 8.49. The maximum Gasteiger partial charge on any atom is 0.326 e. The lowest BCUT2D eigenvalue weighted by atomic mass is 10.1. The molecule has 1 unspecified atom stereocenters. The number of nitrogens with zero attached hydrogens (tertiary/aromatic N) is 1. The summed E-state index contributed by atoms with van der Waals surface area (Å²) < 4.78 is 2.74. The van der Waals surface area contributed by atoms with Crippen LogP contribution in [0.15, 0.2) is 15.4 Å². The molecule has 10 heteroatoms. The predicted molar refractivity (Wildman–Crippen MR) is 67.8 cm³/mol. The minimum atomic E-state index is -2.22. The van der Waals surface area contributed by atoms with Crippen molar-refractivity contribution >= 4 is 62.6 Å². The fraction of sp³-hybridized carbons (Fsp3) is 0.375. The highest BCUT2D eigenvalue weighted by molar-refractivity contribution is 9.10. The molecule has 2 N–H and O–H groups in total. The molecule has 0 aliphatic rings. The lowest BCUT2D eigenvalue weighted by molar-refractivity contribution is -0.141. The van der Waals surface area contributed by atoms with E-state index in [4.69, 9.17) is 39.9 Å². The molecule has 1 heterocycles. The number of nitrogens with one attached hydrogen (secondary N) is 1. The molecule has 0 aliphatic carbocycles. The molecule has 18 heavy (non-hydrogen) atoms. The van der Waals surface area contributed by atoms with Gasteiger partial charge in [-0.2, -0.15) is 0 Å². The lowest BCUT2D eigenvalue weighted by Crippen LogP contribution is -2.46. The molecule has 1 atom stereocenters. The summed E-state index contributed by atoms with van der Waals surface area (Å²) in [6.07, 6.45) is 1.19. The molecule has 1 rings (SSSR count). The van der Waals surface area contributed by atoms with Gasteiger partial charge in [0.25, 0.3) is 9.70 Å². The summed E-state index contributed by atoms with van der Waals surface area (Å²) in [7, 11) is 0. The minimum Gasteiger partial charge on any atom is -0.480 e. The molecule has 0 spiro atoms. The minimum absolute atomic E-state index is 0.0636. The second kappa shape index (κ2) is 6.10. The number of aliphatic carboxylic acids is 1. The van der Waals surface area contributed by atoms with Gasteiger partial charge in [-0.15, -0.1) is 0 Å². The van der Waals surface area contributed by atoms with Gasteiger partial charge in [-0.3, -0.25) is 4.79 Å². The molecule has 0 fully saturated rings. The second-order valence-electron chi connectivity index (χ2n) is 3.20. The number of alkyl halides is 3. The van der Waals surface area contributed by atoms with Gasteiger partial charge < -0.3 is 14.9 Å². The number of hydrogen-bond donors (Lipinski definition) is 2. The number of carbonyl (C=O) groups excluding carboxylic acids is 1. The van der Waals surface area contributed by atoms with Crippen LogP contribution in [0.4, 0.5) is 0 Å². The Morgan fingerprint density at radius 2 is 2.17 bits per heavy atom. The summed E-state index contributed by atoms with van der Waals surface area (Å²) in [5, 5.41) is 14.6. The van der Waals surface area contributed by atoms with Crippen molar-refractivity contribution in [2.45, 2.75) is 16.3 Å². The van der Waals surface area contributed by atoms with Gasteiger partial charge in [0.1, 0.15) is 12.3 Å². The van der Waals surface area contributed by atoms with Crippen LogP contribution in [0.25, 0.3) is 0 Å². The fourth-order valence-electron chi connectivity index (χ4n) is 1.04. The van der Waals surface area contributed by atoms with E-state index in [1.54, 1.807) is 0 Å². The third-order valence-corrected chi connectivity index (χ3v) is 3.05. The molecule has 0 aromatic carbocycles. The molecule has 0 aliphatic heterocycles. The first-order chi connectivity index (χ1) is 8.21. The Labute approximate surface area is 125 Å². The summed E-state index contributed by atoms with van der Waals surface area (Å²) in [5.41, 5.74) is 0.465. The molecule has 0 radical (unpaired) electrons. The lowest BCUT2D eigenvalue weighted by Gasteiger charge is -2.17. The van der Waals surface area contributed by atoms with E-state index in [-0.39, 0.29) is 6.42 Å². The molecule has 1 aromatic rings. The van der Waals surface area contributed by atoms with Gasteiger partial charge in [0.2, 0.25) is 0 Å². The predicted octanol–water partition coefficient (Wildman–Crippen LogP) is 1.92. The summed E-state index contributed by atoms with van der Waals surface area (Å²) in [6, 6.07) is -1.26. The molecule has 0 saturated carbocycles. The van der Waals surface area contributed by atoms with Crippen molar-refractivity contribution in [3.63, 3.8) is 0 Å². The number of halogens is 4. The quantitative estimate of drug-likeness (QED) is 0.779. The van der Waals surface area contributed by atoms with E-state index in [0.29, 0.717) is 10.2 Å². The first-order valence-corrected chi connectivity index (χ1v) is 6.33. The van der Waals surface area contributed by atoms with Crippen molar-refractivity contribution in [1.82, 2.24) is 10.5 Å². The van der Waals surface area contributed by atoms with Gasteiger partial charge in [-0.1, -0.05) is 40.0 Å². The van der Waals surface area contributed by atoms with Crippen molar-refractivity contribution in [1.29, 1.82) is 0 Å². The van der Waals surface area contributed by atoms with Gasteiger partial charge >= 0.3 is 5.97 Å². The van der Waals surface area contributed by atoms with Crippen LogP contribution in [-0.4, -0.2) is 32.0 Å². The molecule has 1 amide bonds. The summed E-state index contributed by atoms with van der Waals surface area (Å²) >= 11 is 19.1. The number of carboxylic acid groups (broad SMARTS) is 1. The topological polar surface area (TPSA) is 92.4 Å². The molecular formula is C8H6BrCl3N2O4. The zero-order chi connectivity index (χ0) is 13.9. The number of carbonyl (C=O) groups is 2. The zero-order valence-corrected chi connectivity index (χ0v) is 12.3. The first-order valence-electron chi connectivity index (χ1n) is 4.41.